The van der Waals surface area contributed by atoms with Gasteiger partial charge in [0, 0.05) is 19.8 Å². The van der Waals surface area contributed by atoms with Gasteiger partial charge in [-0.3, -0.25) is 4.79 Å². The fourth-order valence-electron chi connectivity index (χ4n) is 2.56. The second-order valence-electron chi connectivity index (χ2n) is 6.60. The number of amides is 1. The Bertz CT molecular complexity index is 1030. The minimum Gasteiger partial charge on any atom is -0.495 e. The van der Waals surface area contributed by atoms with Crippen molar-refractivity contribution in [2.75, 3.05) is 33.1 Å². The third-order valence-corrected chi connectivity index (χ3v) is 5.98. The van der Waals surface area contributed by atoms with Gasteiger partial charge in [-0.2, -0.15) is 0 Å². The van der Waals surface area contributed by atoms with Crippen molar-refractivity contribution < 1.29 is 27.5 Å². The molecule has 0 bridgehead atoms. The van der Waals surface area contributed by atoms with Crippen LogP contribution in [0.5, 0.6) is 5.75 Å². The van der Waals surface area contributed by atoms with E-state index >= 15 is 0 Å². The number of carbonyl (C=O) groups is 2. The highest BCUT2D eigenvalue weighted by Gasteiger charge is 2.24. The lowest BCUT2D eigenvalue weighted by atomic mass is 10.1. The van der Waals surface area contributed by atoms with Gasteiger partial charge in [-0.25, -0.2) is 17.5 Å². The van der Waals surface area contributed by atoms with Gasteiger partial charge in [-0.15, -0.1) is 0 Å². The predicted molar refractivity (Wildman–Crippen MR) is 109 cm³/mol. The predicted octanol–water partition coefficient (Wildman–Crippen LogP) is 2.36. The summed E-state index contributed by atoms with van der Waals surface area (Å²) in [6.07, 6.45) is 0. The third-order valence-electron chi connectivity index (χ3n) is 4.15. The topological polar surface area (TPSA) is 102 Å². The van der Waals surface area contributed by atoms with Crippen LogP contribution in [-0.2, 0) is 19.6 Å². The Labute approximate surface area is 170 Å². The quantitative estimate of drug-likeness (QED) is 0.690. The molecule has 0 aliphatic carbocycles. The summed E-state index contributed by atoms with van der Waals surface area (Å²) in [5.41, 5.74) is 2.57. The molecule has 0 spiro atoms. The Morgan fingerprint density at radius 3 is 2.34 bits per heavy atom. The van der Waals surface area contributed by atoms with E-state index in [1.54, 1.807) is 6.07 Å². The number of rotatable bonds is 7. The lowest BCUT2D eigenvalue weighted by Gasteiger charge is -2.15. The van der Waals surface area contributed by atoms with Crippen LogP contribution in [0.2, 0.25) is 0 Å². The van der Waals surface area contributed by atoms with Crippen molar-refractivity contribution in [3.63, 3.8) is 0 Å². The number of ether oxygens (including phenoxy) is 2. The molecule has 0 radical (unpaired) electrons. The highest BCUT2D eigenvalue weighted by Crippen LogP contribution is 2.27. The molecule has 0 fully saturated rings. The van der Waals surface area contributed by atoms with Crippen LogP contribution in [0.3, 0.4) is 0 Å². The molecule has 0 heterocycles. The number of esters is 1. The first-order valence-corrected chi connectivity index (χ1v) is 10.1. The fourth-order valence-corrected chi connectivity index (χ4v) is 3.63. The van der Waals surface area contributed by atoms with Crippen molar-refractivity contribution in [1.29, 1.82) is 0 Å². The van der Waals surface area contributed by atoms with E-state index in [1.807, 2.05) is 26.0 Å². The fraction of sp³-hybridized carbons (Fsp3) is 0.300. The van der Waals surface area contributed by atoms with Crippen LogP contribution in [0.25, 0.3) is 0 Å². The largest absolute Gasteiger partial charge is 0.495 e. The SMILES string of the molecule is COc1ccc(C(=O)OCC(=O)Nc2ccc(C)cc2C)cc1S(=O)(=O)N(C)C. The number of aryl methyl sites for hydroxylation is 2. The highest BCUT2D eigenvalue weighted by atomic mass is 32.2. The van der Waals surface area contributed by atoms with Crippen molar-refractivity contribution in [2.24, 2.45) is 0 Å². The van der Waals surface area contributed by atoms with E-state index in [4.69, 9.17) is 9.47 Å². The zero-order chi connectivity index (χ0) is 21.8. The van der Waals surface area contributed by atoms with Crippen LogP contribution in [0.4, 0.5) is 5.69 Å². The standard InChI is InChI=1S/C20H24N2O6S/c1-13-6-8-16(14(2)10-13)21-19(23)12-28-20(24)15-7-9-17(27-5)18(11-15)29(25,26)22(3)4/h6-11H,12H2,1-5H3,(H,21,23). The van der Waals surface area contributed by atoms with Gasteiger partial charge in [-0.1, -0.05) is 17.7 Å². The van der Waals surface area contributed by atoms with Gasteiger partial charge in [0.2, 0.25) is 10.0 Å². The number of hydrogen-bond donors (Lipinski definition) is 1. The molecule has 1 amide bonds. The first kappa shape index (κ1) is 22.4. The van der Waals surface area contributed by atoms with Crippen LogP contribution in [-0.4, -0.2) is 52.4 Å². The van der Waals surface area contributed by atoms with E-state index in [9.17, 15) is 18.0 Å². The molecule has 0 aliphatic heterocycles. The van der Waals surface area contributed by atoms with Crippen LogP contribution < -0.4 is 10.1 Å². The maximum Gasteiger partial charge on any atom is 0.338 e. The molecule has 0 aromatic heterocycles. The number of hydrogen-bond acceptors (Lipinski definition) is 6. The minimum absolute atomic E-state index is 0.00876. The van der Waals surface area contributed by atoms with Gasteiger partial charge in [0.25, 0.3) is 5.91 Å². The second-order valence-corrected chi connectivity index (χ2v) is 8.72. The molecule has 0 saturated carbocycles. The van der Waals surface area contributed by atoms with Gasteiger partial charge < -0.3 is 14.8 Å². The van der Waals surface area contributed by atoms with Gasteiger partial charge in [0.05, 0.1) is 12.7 Å². The smallest absolute Gasteiger partial charge is 0.338 e. The van der Waals surface area contributed by atoms with Crippen LogP contribution in [0, 0.1) is 13.8 Å². The molecule has 156 valence electrons. The normalized spacial score (nSPS) is 11.2. The number of nitrogens with one attached hydrogen (secondary N) is 1. The molecule has 2 aromatic carbocycles. The first-order valence-electron chi connectivity index (χ1n) is 8.71. The summed E-state index contributed by atoms with van der Waals surface area (Å²) in [5.74, 6) is -1.22. The maximum absolute atomic E-state index is 12.4. The van der Waals surface area contributed by atoms with Crippen molar-refractivity contribution >= 4 is 27.6 Å². The van der Waals surface area contributed by atoms with Crippen molar-refractivity contribution in [3.8, 4) is 5.75 Å². The number of carbonyl (C=O) groups excluding carboxylic acids is 2. The summed E-state index contributed by atoms with van der Waals surface area (Å²) in [5, 5.41) is 2.67. The van der Waals surface area contributed by atoms with Crippen LogP contribution in [0.15, 0.2) is 41.3 Å². The summed E-state index contributed by atoms with van der Waals surface area (Å²) in [4.78, 5) is 24.2. The average Bonchev–Trinajstić information content (AvgIpc) is 2.67. The number of benzene rings is 2. The molecule has 29 heavy (non-hydrogen) atoms. The van der Waals surface area contributed by atoms with Gasteiger partial charge in [0.1, 0.15) is 10.6 Å². The Morgan fingerprint density at radius 1 is 1.07 bits per heavy atom. The van der Waals surface area contributed by atoms with Crippen LogP contribution in [0.1, 0.15) is 21.5 Å². The van der Waals surface area contributed by atoms with E-state index in [1.165, 1.54) is 39.4 Å². The summed E-state index contributed by atoms with van der Waals surface area (Å²) in [6.45, 7) is 3.30. The van der Waals surface area contributed by atoms with E-state index in [-0.39, 0.29) is 16.2 Å². The van der Waals surface area contributed by atoms with Crippen LogP contribution >= 0.6 is 0 Å². The summed E-state index contributed by atoms with van der Waals surface area (Å²) < 4.78 is 36.0. The average molecular weight is 420 g/mol. The highest BCUT2D eigenvalue weighted by molar-refractivity contribution is 7.89. The molecular formula is C20H24N2O6S. The van der Waals surface area contributed by atoms with Gasteiger partial charge in [0.15, 0.2) is 6.61 Å². The molecule has 8 nitrogen and oxygen atoms in total. The van der Waals surface area contributed by atoms with Gasteiger partial charge in [-0.05, 0) is 43.7 Å². The summed E-state index contributed by atoms with van der Waals surface area (Å²) in [6, 6.07) is 9.45. The zero-order valence-corrected chi connectivity index (χ0v) is 17.8. The maximum atomic E-state index is 12.4. The lowest BCUT2D eigenvalue weighted by molar-refractivity contribution is -0.119. The van der Waals surface area contributed by atoms with Gasteiger partial charge >= 0.3 is 5.97 Å². The van der Waals surface area contributed by atoms with E-state index in [0.29, 0.717) is 5.69 Å². The monoisotopic (exact) mass is 420 g/mol. The van der Waals surface area contributed by atoms with Crippen molar-refractivity contribution in [2.45, 2.75) is 18.7 Å². The Morgan fingerprint density at radius 2 is 1.76 bits per heavy atom. The molecule has 0 atom stereocenters. The number of methoxy groups -OCH3 is 1. The minimum atomic E-state index is -3.83. The molecule has 9 heteroatoms. The summed E-state index contributed by atoms with van der Waals surface area (Å²) in [7, 11) is 0.242. The zero-order valence-electron chi connectivity index (χ0n) is 17.0. The van der Waals surface area contributed by atoms with Crippen molar-refractivity contribution in [1.82, 2.24) is 4.31 Å². The first-order chi connectivity index (χ1) is 13.6. The Hall–Kier alpha value is -2.91. The molecule has 0 aliphatic rings. The second kappa shape index (κ2) is 9.06. The number of nitrogens with zero attached hydrogens (tertiary/aromatic N) is 1. The van der Waals surface area contributed by atoms with E-state index in [0.717, 1.165) is 15.4 Å². The Balaban J connectivity index is 2.12. The molecule has 0 unspecified atom stereocenters. The number of anilines is 1. The van der Waals surface area contributed by atoms with E-state index < -0.39 is 28.5 Å². The Kier molecular flexibility index (Phi) is 6.99. The number of sulfonamides is 1. The summed E-state index contributed by atoms with van der Waals surface area (Å²) >= 11 is 0. The lowest BCUT2D eigenvalue weighted by Crippen LogP contribution is -2.24. The molecular weight excluding hydrogens is 396 g/mol. The third kappa shape index (κ3) is 5.33. The molecule has 2 aromatic rings. The molecule has 2 rings (SSSR count). The van der Waals surface area contributed by atoms with E-state index in [2.05, 4.69) is 5.32 Å². The molecule has 1 N–H and O–H groups in total. The molecule has 0 saturated heterocycles. The van der Waals surface area contributed by atoms with Crippen molar-refractivity contribution in [3.05, 3.63) is 53.1 Å².